The van der Waals surface area contributed by atoms with Crippen molar-refractivity contribution in [1.82, 2.24) is 9.88 Å². The number of ether oxygens (including phenoxy) is 1. The highest BCUT2D eigenvalue weighted by Crippen LogP contribution is 2.26. The number of carbonyl (C=O) groups is 2. The van der Waals surface area contributed by atoms with Crippen molar-refractivity contribution in [3.05, 3.63) is 58.4 Å². The SMILES string of the molecule is Cc1cccc(N2C(=O)/C(=C\c3cc(C)n(C[C@H]4CCCO4)c3C)C(=O)NC2=S)c1. The lowest BCUT2D eigenvalue weighted by molar-refractivity contribution is -0.122. The molecular weight excluding hydrogens is 398 g/mol. The Labute approximate surface area is 181 Å². The largest absolute Gasteiger partial charge is 0.376 e. The molecule has 2 aliphatic rings. The average Bonchev–Trinajstić information content (AvgIpc) is 3.29. The third kappa shape index (κ3) is 3.82. The Hall–Kier alpha value is -2.77. The first kappa shape index (κ1) is 20.5. The minimum absolute atomic E-state index is 0.0717. The predicted molar refractivity (Wildman–Crippen MR) is 120 cm³/mol. The lowest BCUT2D eigenvalue weighted by Crippen LogP contribution is -2.54. The summed E-state index contributed by atoms with van der Waals surface area (Å²) in [5, 5.41) is 2.74. The number of carbonyl (C=O) groups excluding carboxylic acids is 2. The average molecular weight is 424 g/mol. The monoisotopic (exact) mass is 423 g/mol. The first-order valence-electron chi connectivity index (χ1n) is 10.1. The van der Waals surface area contributed by atoms with Gasteiger partial charge in [-0.3, -0.25) is 19.8 Å². The van der Waals surface area contributed by atoms with Crippen molar-refractivity contribution in [1.29, 1.82) is 0 Å². The van der Waals surface area contributed by atoms with E-state index >= 15 is 0 Å². The van der Waals surface area contributed by atoms with Crippen LogP contribution in [0.5, 0.6) is 0 Å². The summed E-state index contributed by atoms with van der Waals surface area (Å²) in [7, 11) is 0. The number of aryl methyl sites for hydroxylation is 2. The molecule has 2 amide bonds. The second-order valence-corrected chi connectivity index (χ2v) is 8.26. The standard InChI is InChI=1S/C23H25N3O3S/c1-14-6-4-7-18(10-14)26-22(28)20(21(27)24-23(26)30)12-17-11-15(2)25(16(17)3)13-19-8-5-9-29-19/h4,6-7,10-12,19H,5,8-9,13H2,1-3H3,(H,24,27,30)/b20-12-/t19-/m1/s1. The molecule has 7 heteroatoms. The molecule has 6 nitrogen and oxygen atoms in total. The first-order valence-corrected chi connectivity index (χ1v) is 10.5. The van der Waals surface area contributed by atoms with Crippen LogP contribution in [0.15, 0.2) is 35.9 Å². The Morgan fingerprint density at radius 2 is 2.03 bits per heavy atom. The van der Waals surface area contributed by atoms with Crippen molar-refractivity contribution < 1.29 is 14.3 Å². The summed E-state index contributed by atoms with van der Waals surface area (Å²) in [6, 6.07) is 9.48. The van der Waals surface area contributed by atoms with Gasteiger partial charge in [-0.2, -0.15) is 0 Å². The zero-order valence-electron chi connectivity index (χ0n) is 17.4. The van der Waals surface area contributed by atoms with Crippen molar-refractivity contribution in [3.8, 4) is 0 Å². The summed E-state index contributed by atoms with van der Waals surface area (Å²) in [6.07, 6.45) is 4.02. The molecule has 156 valence electrons. The van der Waals surface area contributed by atoms with Gasteiger partial charge in [0.1, 0.15) is 5.57 Å². The number of amides is 2. The minimum Gasteiger partial charge on any atom is -0.376 e. The smallest absolute Gasteiger partial charge is 0.270 e. The highest BCUT2D eigenvalue weighted by atomic mass is 32.1. The predicted octanol–water partition coefficient (Wildman–Crippen LogP) is 3.42. The van der Waals surface area contributed by atoms with Crippen molar-refractivity contribution in [2.24, 2.45) is 0 Å². The summed E-state index contributed by atoms with van der Waals surface area (Å²) in [6.45, 7) is 7.56. The van der Waals surface area contributed by atoms with Gasteiger partial charge in [0.25, 0.3) is 11.8 Å². The van der Waals surface area contributed by atoms with E-state index < -0.39 is 11.8 Å². The van der Waals surface area contributed by atoms with Crippen LogP contribution in [-0.4, -0.2) is 34.2 Å². The van der Waals surface area contributed by atoms with Gasteiger partial charge in [0.05, 0.1) is 11.8 Å². The minimum atomic E-state index is -0.474. The van der Waals surface area contributed by atoms with Crippen LogP contribution in [-0.2, 0) is 20.9 Å². The zero-order valence-corrected chi connectivity index (χ0v) is 18.2. The molecule has 0 spiro atoms. The van der Waals surface area contributed by atoms with E-state index in [1.807, 2.05) is 45.0 Å². The van der Waals surface area contributed by atoms with Crippen LogP contribution in [0.1, 0.15) is 35.4 Å². The number of hydrogen-bond donors (Lipinski definition) is 1. The number of anilines is 1. The Balaban J connectivity index is 1.67. The van der Waals surface area contributed by atoms with E-state index in [4.69, 9.17) is 17.0 Å². The van der Waals surface area contributed by atoms with Crippen LogP contribution in [0.2, 0.25) is 0 Å². The molecule has 2 aromatic rings. The van der Waals surface area contributed by atoms with Gasteiger partial charge >= 0.3 is 0 Å². The van der Waals surface area contributed by atoms with Gasteiger partial charge < -0.3 is 9.30 Å². The Bertz CT molecular complexity index is 1060. The maximum atomic E-state index is 13.2. The molecule has 0 unspecified atom stereocenters. The number of thiocarbonyl (C=S) groups is 1. The van der Waals surface area contributed by atoms with Crippen molar-refractivity contribution in [3.63, 3.8) is 0 Å². The van der Waals surface area contributed by atoms with Crippen LogP contribution in [0, 0.1) is 20.8 Å². The number of nitrogens with one attached hydrogen (secondary N) is 1. The van der Waals surface area contributed by atoms with Crippen LogP contribution in [0.3, 0.4) is 0 Å². The molecule has 1 atom stereocenters. The number of nitrogens with zero attached hydrogens (tertiary/aromatic N) is 2. The van der Waals surface area contributed by atoms with E-state index in [-0.39, 0.29) is 16.8 Å². The Kier molecular flexibility index (Phi) is 5.58. The molecule has 2 saturated heterocycles. The molecular formula is C23H25N3O3S. The molecule has 1 aromatic carbocycles. The lowest BCUT2D eigenvalue weighted by atomic mass is 10.1. The molecule has 4 rings (SSSR count). The normalized spacial score (nSPS) is 20.9. The third-order valence-electron chi connectivity index (χ3n) is 5.68. The molecule has 0 bridgehead atoms. The highest BCUT2D eigenvalue weighted by Gasteiger charge is 2.34. The molecule has 0 radical (unpaired) electrons. The van der Waals surface area contributed by atoms with Crippen LogP contribution in [0.25, 0.3) is 6.08 Å². The summed E-state index contributed by atoms with van der Waals surface area (Å²) in [5.74, 6) is -0.892. The fourth-order valence-electron chi connectivity index (χ4n) is 4.06. The van der Waals surface area contributed by atoms with Gasteiger partial charge in [0, 0.05) is 24.5 Å². The van der Waals surface area contributed by atoms with Gasteiger partial charge in [-0.05, 0) is 81.2 Å². The second-order valence-electron chi connectivity index (χ2n) is 7.87. The summed E-state index contributed by atoms with van der Waals surface area (Å²) in [4.78, 5) is 27.2. The van der Waals surface area contributed by atoms with Crippen molar-refractivity contribution in [2.75, 3.05) is 11.5 Å². The van der Waals surface area contributed by atoms with Gasteiger partial charge in [-0.1, -0.05) is 12.1 Å². The van der Waals surface area contributed by atoms with Crippen LogP contribution < -0.4 is 10.2 Å². The molecule has 1 N–H and O–H groups in total. The number of aromatic nitrogens is 1. The van der Waals surface area contributed by atoms with Crippen molar-refractivity contribution in [2.45, 2.75) is 46.3 Å². The van der Waals surface area contributed by atoms with Gasteiger partial charge in [0.2, 0.25) is 0 Å². The quantitative estimate of drug-likeness (QED) is 0.465. The maximum Gasteiger partial charge on any atom is 0.270 e. The molecule has 0 aliphatic carbocycles. The van der Waals surface area contributed by atoms with Gasteiger partial charge in [0.15, 0.2) is 5.11 Å². The fraction of sp³-hybridized carbons (Fsp3) is 0.348. The van der Waals surface area contributed by atoms with Gasteiger partial charge in [-0.25, -0.2) is 0 Å². The Morgan fingerprint density at radius 1 is 1.23 bits per heavy atom. The number of rotatable bonds is 4. The maximum absolute atomic E-state index is 13.2. The molecule has 0 saturated carbocycles. The molecule has 3 heterocycles. The van der Waals surface area contributed by atoms with E-state index in [1.165, 1.54) is 4.90 Å². The van der Waals surface area contributed by atoms with Crippen LogP contribution >= 0.6 is 12.2 Å². The fourth-order valence-corrected chi connectivity index (χ4v) is 4.34. The Morgan fingerprint density at radius 3 is 2.73 bits per heavy atom. The number of hydrogen-bond acceptors (Lipinski definition) is 4. The highest BCUT2D eigenvalue weighted by molar-refractivity contribution is 7.80. The molecule has 2 fully saturated rings. The topological polar surface area (TPSA) is 63.6 Å². The third-order valence-corrected chi connectivity index (χ3v) is 5.97. The van der Waals surface area contributed by atoms with Crippen molar-refractivity contribution >= 4 is 40.9 Å². The van der Waals surface area contributed by atoms with Gasteiger partial charge in [-0.15, -0.1) is 0 Å². The van der Waals surface area contributed by atoms with E-state index in [1.54, 1.807) is 12.1 Å². The first-order chi connectivity index (χ1) is 14.3. The zero-order chi connectivity index (χ0) is 21.4. The lowest BCUT2D eigenvalue weighted by Gasteiger charge is -2.29. The second kappa shape index (κ2) is 8.16. The summed E-state index contributed by atoms with van der Waals surface area (Å²) >= 11 is 5.28. The molecule has 1 aromatic heterocycles. The summed E-state index contributed by atoms with van der Waals surface area (Å²) in [5.41, 5.74) is 4.64. The van der Waals surface area contributed by atoms with E-state index in [0.29, 0.717) is 5.69 Å². The molecule has 2 aliphatic heterocycles. The summed E-state index contributed by atoms with van der Waals surface area (Å²) < 4.78 is 7.96. The van der Waals surface area contributed by atoms with E-state index in [0.717, 1.165) is 48.5 Å². The molecule has 30 heavy (non-hydrogen) atoms. The number of benzene rings is 1. The van der Waals surface area contributed by atoms with E-state index in [2.05, 4.69) is 9.88 Å². The van der Waals surface area contributed by atoms with E-state index in [9.17, 15) is 9.59 Å². The van der Waals surface area contributed by atoms with Crippen LogP contribution in [0.4, 0.5) is 5.69 Å².